The maximum Gasteiger partial charge on any atom is 0.354 e. The van der Waals surface area contributed by atoms with Crippen LogP contribution >= 0.6 is 0 Å². The molecule has 0 bridgehead atoms. The van der Waals surface area contributed by atoms with Crippen LogP contribution in [0.25, 0.3) is 0 Å². The number of carboxylic acids is 1. The van der Waals surface area contributed by atoms with E-state index in [0.717, 1.165) is 4.31 Å². The number of allylic oxidation sites excluding steroid dienone is 1. The molecule has 0 aliphatic carbocycles. The molecule has 0 radical (unpaired) electrons. The molecular formula is C12H18N4O4S. The predicted molar refractivity (Wildman–Crippen MR) is 77.5 cm³/mol. The van der Waals surface area contributed by atoms with E-state index in [9.17, 15) is 18.3 Å². The van der Waals surface area contributed by atoms with Gasteiger partial charge in [0.1, 0.15) is 0 Å². The third kappa shape index (κ3) is 2.93. The molecule has 1 aliphatic heterocycles. The molecule has 1 aliphatic rings. The molecule has 8 nitrogen and oxygen atoms in total. The minimum Gasteiger partial charge on any atom is -0.477 e. The molecule has 0 spiro atoms. The minimum absolute atomic E-state index is 0.00120. The van der Waals surface area contributed by atoms with Gasteiger partial charge in [-0.05, 0) is 20.3 Å². The fraction of sp³-hybridized carbons (Fsp3) is 0.500. The van der Waals surface area contributed by atoms with Crippen LogP contribution in [0.3, 0.4) is 0 Å². The SMILES string of the molecule is CC(C)NS(=O)(=O)N1CC=CCc2c1nn(C)c2C(=O)O. The summed E-state index contributed by atoms with van der Waals surface area (Å²) in [5.74, 6) is -0.969. The van der Waals surface area contributed by atoms with Crippen LogP contribution in [-0.4, -0.2) is 41.9 Å². The Hall–Kier alpha value is -1.87. The van der Waals surface area contributed by atoms with Crippen molar-refractivity contribution in [1.29, 1.82) is 0 Å². The van der Waals surface area contributed by atoms with Crippen LogP contribution in [0.4, 0.5) is 5.82 Å². The monoisotopic (exact) mass is 314 g/mol. The highest BCUT2D eigenvalue weighted by Crippen LogP contribution is 2.27. The number of hydrogen-bond donors (Lipinski definition) is 2. The van der Waals surface area contributed by atoms with Crippen molar-refractivity contribution in [2.24, 2.45) is 7.05 Å². The third-order valence-corrected chi connectivity index (χ3v) is 4.67. The van der Waals surface area contributed by atoms with Crippen molar-refractivity contribution in [2.75, 3.05) is 10.8 Å². The Morgan fingerprint density at radius 3 is 2.67 bits per heavy atom. The predicted octanol–water partition coefficient (Wildman–Crippen LogP) is 0.280. The van der Waals surface area contributed by atoms with Gasteiger partial charge in [-0.25, -0.2) is 9.10 Å². The third-order valence-electron chi connectivity index (χ3n) is 3.00. The van der Waals surface area contributed by atoms with Crippen molar-refractivity contribution in [3.8, 4) is 0 Å². The molecule has 2 N–H and O–H groups in total. The van der Waals surface area contributed by atoms with Crippen LogP contribution in [0.5, 0.6) is 0 Å². The van der Waals surface area contributed by atoms with Gasteiger partial charge >= 0.3 is 16.2 Å². The van der Waals surface area contributed by atoms with Gasteiger partial charge in [0.25, 0.3) is 0 Å². The van der Waals surface area contributed by atoms with Gasteiger partial charge in [0, 0.05) is 18.7 Å². The summed E-state index contributed by atoms with van der Waals surface area (Å²) >= 11 is 0. The van der Waals surface area contributed by atoms with Crippen LogP contribution in [0.15, 0.2) is 12.2 Å². The first-order valence-corrected chi connectivity index (χ1v) is 7.92. The van der Waals surface area contributed by atoms with E-state index in [2.05, 4.69) is 9.82 Å². The van der Waals surface area contributed by atoms with Crippen LogP contribution < -0.4 is 9.03 Å². The summed E-state index contributed by atoms with van der Waals surface area (Å²) in [5.41, 5.74) is 0.397. The van der Waals surface area contributed by atoms with E-state index in [-0.39, 0.29) is 24.1 Å². The van der Waals surface area contributed by atoms with Crippen molar-refractivity contribution in [1.82, 2.24) is 14.5 Å². The number of rotatable bonds is 4. The topological polar surface area (TPSA) is 105 Å². The lowest BCUT2D eigenvalue weighted by atomic mass is 10.1. The van der Waals surface area contributed by atoms with Crippen molar-refractivity contribution in [2.45, 2.75) is 26.3 Å². The molecule has 0 unspecified atom stereocenters. The quantitative estimate of drug-likeness (QED) is 0.777. The number of aromatic nitrogens is 2. The summed E-state index contributed by atoms with van der Waals surface area (Å²) in [7, 11) is -2.30. The average Bonchev–Trinajstić information content (AvgIpc) is 2.51. The number of anilines is 1. The number of aryl methyl sites for hydroxylation is 1. The molecule has 116 valence electrons. The molecule has 2 rings (SSSR count). The van der Waals surface area contributed by atoms with Gasteiger partial charge in [-0.2, -0.15) is 18.2 Å². The second kappa shape index (κ2) is 5.49. The van der Waals surface area contributed by atoms with Gasteiger partial charge in [-0.3, -0.25) is 4.68 Å². The smallest absolute Gasteiger partial charge is 0.354 e. The van der Waals surface area contributed by atoms with Crippen molar-refractivity contribution < 1.29 is 18.3 Å². The lowest BCUT2D eigenvalue weighted by molar-refractivity contribution is 0.0684. The van der Waals surface area contributed by atoms with Gasteiger partial charge in [-0.15, -0.1) is 0 Å². The minimum atomic E-state index is -3.79. The summed E-state index contributed by atoms with van der Waals surface area (Å²) < 4.78 is 29.5. The number of aromatic carboxylic acids is 1. The largest absolute Gasteiger partial charge is 0.477 e. The van der Waals surface area contributed by atoms with Gasteiger partial charge in [0.2, 0.25) is 0 Å². The number of carbonyl (C=O) groups is 1. The second-order valence-corrected chi connectivity index (χ2v) is 6.69. The van der Waals surface area contributed by atoms with Crippen molar-refractivity contribution >= 4 is 22.0 Å². The Kier molecular flexibility index (Phi) is 4.06. The van der Waals surface area contributed by atoms with Crippen LogP contribution in [0, 0.1) is 0 Å². The van der Waals surface area contributed by atoms with Crippen LogP contribution in [-0.2, 0) is 23.7 Å². The summed E-state index contributed by atoms with van der Waals surface area (Å²) in [6, 6.07) is -0.270. The van der Waals surface area contributed by atoms with Crippen LogP contribution in [0.2, 0.25) is 0 Å². The van der Waals surface area contributed by atoms with Gasteiger partial charge in [0.15, 0.2) is 11.5 Å². The normalized spacial score (nSPS) is 15.1. The van der Waals surface area contributed by atoms with E-state index >= 15 is 0 Å². The Morgan fingerprint density at radius 2 is 2.10 bits per heavy atom. The highest BCUT2D eigenvalue weighted by molar-refractivity contribution is 7.90. The molecule has 0 saturated carbocycles. The van der Waals surface area contributed by atoms with E-state index in [1.165, 1.54) is 11.7 Å². The molecule has 9 heteroatoms. The molecule has 2 heterocycles. The highest BCUT2D eigenvalue weighted by Gasteiger charge is 2.31. The molecule has 0 atom stereocenters. The van der Waals surface area contributed by atoms with E-state index in [1.807, 2.05) is 0 Å². The summed E-state index contributed by atoms with van der Waals surface area (Å²) in [4.78, 5) is 11.3. The number of fused-ring (bicyclic) bond motifs is 1. The Labute approximate surface area is 123 Å². The lowest BCUT2D eigenvalue weighted by Gasteiger charge is -2.22. The summed E-state index contributed by atoms with van der Waals surface area (Å²) in [6.45, 7) is 3.55. The first-order chi connectivity index (χ1) is 9.74. The zero-order valence-electron chi connectivity index (χ0n) is 12.1. The first kappa shape index (κ1) is 15.5. The Morgan fingerprint density at radius 1 is 1.43 bits per heavy atom. The molecule has 0 saturated heterocycles. The standard InChI is InChI=1S/C12H18N4O4S/c1-8(2)14-21(19,20)16-7-5-4-6-9-10(12(17)18)15(3)13-11(9)16/h4-5,8,14H,6-7H2,1-3H3,(H,17,18). The van der Waals surface area contributed by atoms with E-state index in [0.29, 0.717) is 12.0 Å². The average molecular weight is 314 g/mol. The van der Waals surface area contributed by atoms with E-state index in [4.69, 9.17) is 0 Å². The highest BCUT2D eigenvalue weighted by atomic mass is 32.2. The van der Waals surface area contributed by atoms with Crippen molar-refractivity contribution in [3.63, 3.8) is 0 Å². The van der Waals surface area contributed by atoms with E-state index < -0.39 is 16.2 Å². The van der Waals surface area contributed by atoms with Crippen LogP contribution in [0.1, 0.15) is 29.9 Å². The summed E-state index contributed by atoms with van der Waals surface area (Å²) in [5, 5.41) is 13.4. The Bertz CT molecular complexity index is 690. The number of nitrogens with one attached hydrogen (secondary N) is 1. The number of nitrogens with zero attached hydrogens (tertiary/aromatic N) is 3. The maximum absolute atomic E-state index is 12.4. The molecule has 1 aromatic heterocycles. The van der Waals surface area contributed by atoms with Gasteiger partial charge in [0.05, 0.1) is 6.54 Å². The zero-order chi connectivity index (χ0) is 15.8. The number of hydrogen-bond acceptors (Lipinski definition) is 4. The number of carboxylic acid groups (broad SMARTS) is 1. The molecular weight excluding hydrogens is 296 g/mol. The summed E-state index contributed by atoms with van der Waals surface area (Å²) in [6.07, 6.45) is 3.77. The first-order valence-electron chi connectivity index (χ1n) is 6.48. The van der Waals surface area contributed by atoms with E-state index in [1.54, 1.807) is 26.0 Å². The maximum atomic E-state index is 12.4. The molecule has 0 amide bonds. The van der Waals surface area contributed by atoms with Gasteiger partial charge in [-0.1, -0.05) is 12.2 Å². The lowest BCUT2D eigenvalue weighted by Crippen LogP contribution is -2.44. The zero-order valence-corrected chi connectivity index (χ0v) is 12.9. The van der Waals surface area contributed by atoms with Crippen molar-refractivity contribution in [3.05, 3.63) is 23.4 Å². The molecule has 0 aromatic carbocycles. The fourth-order valence-electron chi connectivity index (χ4n) is 2.24. The second-order valence-electron chi connectivity index (χ2n) is 5.06. The molecule has 1 aromatic rings. The van der Waals surface area contributed by atoms with Gasteiger partial charge < -0.3 is 5.11 Å². The fourth-order valence-corrected chi connectivity index (χ4v) is 3.62. The molecule has 0 fully saturated rings. The molecule has 21 heavy (non-hydrogen) atoms. The Balaban J connectivity index is 2.57.